The standard InChI is InChI=1S/C7H5NO3S.ClH/c8-5-6-1-3-7(4-2-6)12(9,10)11;/h1-4H,(H,9,10,11);1H. The van der Waals surface area contributed by atoms with Crippen LogP contribution >= 0.6 is 12.4 Å². The van der Waals surface area contributed by atoms with Crippen LogP contribution in [0.4, 0.5) is 0 Å². The summed E-state index contributed by atoms with van der Waals surface area (Å²) in [4.78, 5) is -0.207. The summed E-state index contributed by atoms with van der Waals surface area (Å²) in [5.41, 5.74) is 0.349. The molecule has 0 saturated carbocycles. The Bertz CT molecular complexity index is 418. The molecule has 0 aliphatic rings. The van der Waals surface area contributed by atoms with Gasteiger partial charge in [0.2, 0.25) is 0 Å². The molecule has 6 heteroatoms. The normalized spacial score (nSPS) is 9.85. The van der Waals surface area contributed by atoms with Crippen molar-refractivity contribution in [2.24, 2.45) is 0 Å². The topological polar surface area (TPSA) is 78.2 Å². The average Bonchev–Trinajstić information content (AvgIpc) is 2.03. The number of rotatable bonds is 1. The van der Waals surface area contributed by atoms with Gasteiger partial charge in [-0.25, -0.2) is 0 Å². The Morgan fingerprint density at radius 1 is 1.23 bits per heavy atom. The van der Waals surface area contributed by atoms with E-state index in [0.29, 0.717) is 5.56 Å². The summed E-state index contributed by atoms with van der Waals surface area (Å²) in [6.07, 6.45) is 0. The molecule has 0 unspecified atom stereocenters. The van der Waals surface area contributed by atoms with Gasteiger partial charge in [0.25, 0.3) is 10.1 Å². The van der Waals surface area contributed by atoms with Crippen LogP contribution in [0.1, 0.15) is 5.56 Å². The van der Waals surface area contributed by atoms with E-state index in [1.54, 1.807) is 0 Å². The summed E-state index contributed by atoms with van der Waals surface area (Å²) in [5, 5.41) is 8.37. The van der Waals surface area contributed by atoms with Crippen LogP contribution in [0, 0.1) is 11.3 Å². The zero-order valence-electron chi connectivity index (χ0n) is 6.34. The number of hydrogen-bond donors (Lipinski definition) is 1. The number of nitrogens with zero attached hydrogens (tertiary/aromatic N) is 1. The lowest BCUT2D eigenvalue weighted by molar-refractivity contribution is 0.483. The van der Waals surface area contributed by atoms with Crippen molar-refractivity contribution in [3.05, 3.63) is 29.8 Å². The van der Waals surface area contributed by atoms with Gasteiger partial charge in [0.05, 0.1) is 16.5 Å². The molecule has 0 fully saturated rings. The fourth-order valence-electron chi connectivity index (χ4n) is 0.701. The molecule has 0 heterocycles. The molecule has 0 aliphatic carbocycles. The van der Waals surface area contributed by atoms with E-state index in [4.69, 9.17) is 9.81 Å². The van der Waals surface area contributed by atoms with Crippen molar-refractivity contribution < 1.29 is 13.0 Å². The molecule has 0 saturated heterocycles. The molecular formula is C7H6ClNO3S. The van der Waals surface area contributed by atoms with Gasteiger partial charge in [0, 0.05) is 0 Å². The van der Waals surface area contributed by atoms with Gasteiger partial charge < -0.3 is 0 Å². The molecule has 1 N–H and O–H groups in total. The molecule has 0 spiro atoms. The molecule has 0 bridgehead atoms. The van der Waals surface area contributed by atoms with Crippen LogP contribution in [0.25, 0.3) is 0 Å². The molecule has 4 nitrogen and oxygen atoms in total. The summed E-state index contributed by atoms with van der Waals surface area (Å²) in [5.74, 6) is 0. The van der Waals surface area contributed by atoms with Gasteiger partial charge in [0.1, 0.15) is 0 Å². The van der Waals surface area contributed by atoms with E-state index in [9.17, 15) is 8.42 Å². The number of benzene rings is 1. The molecule has 0 aromatic heterocycles. The van der Waals surface area contributed by atoms with E-state index in [0.717, 1.165) is 0 Å². The fourth-order valence-corrected chi connectivity index (χ4v) is 1.18. The van der Waals surface area contributed by atoms with Crippen LogP contribution in [0.2, 0.25) is 0 Å². The van der Waals surface area contributed by atoms with Crippen LogP contribution in [0.15, 0.2) is 29.2 Å². The van der Waals surface area contributed by atoms with Gasteiger partial charge in [-0.2, -0.15) is 13.7 Å². The highest BCUT2D eigenvalue weighted by Gasteiger charge is 2.07. The summed E-state index contributed by atoms with van der Waals surface area (Å²) in [7, 11) is -4.14. The van der Waals surface area contributed by atoms with Crippen molar-refractivity contribution in [3.8, 4) is 6.07 Å². The molecule has 13 heavy (non-hydrogen) atoms. The van der Waals surface area contributed by atoms with Gasteiger partial charge in [-0.05, 0) is 24.3 Å². The van der Waals surface area contributed by atoms with E-state index < -0.39 is 10.1 Å². The molecule has 0 radical (unpaired) electrons. The van der Waals surface area contributed by atoms with Gasteiger partial charge in [-0.15, -0.1) is 12.4 Å². The van der Waals surface area contributed by atoms with Crippen molar-refractivity contribution in [2.75, 3.05) is 0 Å². The highest BCUT2D eigenvalue weighted by molar-refractivity contribution is 7.85. The quantitative estimate of drug-likeness (QED) is 0.721. The molecule has 1 rings (SSSR count). The molecule has 0 atom stereocenters. The van der Waals surface area contributed by atoms with Crippen LogP contribution < -0.4 is 0 Å². The van der Waals surface area contributed by atoms with Crippen molar-refractivity contribution in [2.45, 2.75) is 4.90 Å². The van der Waals surface area contributed by atoms with Crippen molar-refractivity contribution >= 4 is 22.5 Å². The lowest BCUT2D eigenvalue weighted by Gasteiger charge is -1.94. The summed E-state index contributed by atoms with van der Waals surface area (Å²) in [6, 6.07) is 6.82. The number of halogens is 1. The first-order chi connectivity index (χ1) is 5.54. The Balaban J connectivity index is 0.00000144. The van der Waals surface area contributed by atoms with Gasteiger partial charge in [-0.3, -0.25) is 4.55 Å². The second-order valence-corrected chi connectivity index (χ2v) is 3.53. The van der Waals surface area contributed by atoms with Gasteiger partial charge in [0.15, 0.2) is 0 Å². The third-order valence-electron chi connectivity index (χ3n) is 1.28. The molecular weight excluding hydrogens is 214 g/mol. The van der Waals surface area contributed by atoms with E-state index in [-0.39, 0.29) is 17.3 Å². The van der Waals surface area contributed by atoms with Crippen LogP contribution in [-0.4, -0.2) is 13.0 Å². The minimum atomic E-state index is -4.14. The number of hydrogen-bond acceptors (Lipinski definition) is 3. The minimum absolute atomic E-state index is 0. The SMILES string of the molecule is Cl.N#Cc1ccc(S(=O)(=O)O)cc1. The first kappa shape index (κ1) is 11.9. The molecule has 0 amide bonds. The summed E-state index contributed by atoms with van der Waals surface area (Å²) < 4.78 is 29.6. The smallest absolute Gasteiger partial charge is 0.282 e. The maximum atomic E-state index is 10.5. The zero-order chi connectivity index (χ0) is 9.19. The van der Waals surface area contributed by atoms with E-state index in [1.807, 2.05) is 6.07 Å². The predicted octanol–water partition coefficient (Wildman–Crippen LogP) is 1.23. The highest BCUT2D eigenvalue weighted by atomic mass is 35.5. The Hall–Kier alpha value is -1.09. The molecule has 1 aromatic carbocycles. The van der Waals surface area contributed by atoms with E-state index in [1.165, 1.54) is 24.3 Å². The first-order valence-corrected chi connectivity index (χ1v) is 4.46. The maximum Gasteiger partial charge on any atom is 0.294 e. The Morgan fingerprint density at radius 3 is 2.00 bits per heavy atom. The monoisotopic (exact) mass is 219 g/mol. The lowest BCUT2D eigenvalue weighted by atomic mass is 10.2. The number of nitriles is 1. The van der Waals surface area contributed by atoms with Crippen LogP contribution in [0.5, 0.6) is 0 Å². The first-order valence-electron chi connectivity index (χ1n) is 3.02. The molecule has 1 aromatic rings. The van der Waals surface area contributed by atoms with Gasteiger partial charge in [-0.1, -0.05) is 0 Å². The molecule has 70 valence electrons. The van der Waals surface area contributed by atoms with Crippen LogP contribution in [-0.2, 0) is 10.1 Å². The average molecular weight is 220 g/mol. The minimum Gasteiger partial charge on any atom is -0.282 e. The third-order valence-corrected chi connectivity index (χ3v) is 2.15. The van der Waals surface area contributed by atoms with Gasteiger partial charge >= 0.3 is 0 Å². The largest absolute Gasteiger partial charge is 0.294 e. The summed E-state index contributed by atoms with van der Waals surface area (Å²) >= 11 is 0. The van der Waals surface area contributed by atoms with Crippen molar-refractivity contribution in [1.29, 1.82) is 5.26 Å². The highest BCUT2D eigenvalue weighted by Crippen LogP contribution is 2.08. The Kier molecular flexibility index (Phi) is 3.88. The zero-order valence-corrected chi connectivity index (χ0v) is 7.97. The van der Waals surface area contributed by atoms with Crippen LogP contribution in [0.3, 0.4) is 0 Å². The molecule has 0 aliphatic heterocycles. The van der Waals surface area contributed by atoms with E-state index >= 15 is 0 Å². The van der Waals surface area contributed by atoms with Crippen molar-refractivity contribution in [1.82, 2.24) is 0 Å². The fraction of sp³-hybridized carbons (Fsp3) is 0. The second kappa shape index (κ2) is 4.23. The van der Waals surface area contributed by atoms with E-state index in [2.05, 4.69) is 0 Å². The maximum absolute atomic E-state index is 10.5. The Morgan fingerprint density at radius 2 is 1.69 bits per heavy atom. The second-order valence-electron chi connectivity index (χ2n) is 2.11. The lowest BCUT2D eigenvalue weighted by Crippen LogP contribution is -1.97. The Labute approximate surface area is 82.0 Å². The van der Waals surface area contributed by atoms with Crippen molar-refractivity contribution in [3.63, 3.8) is 0 Å². The summed E-state index contributed by atoms with van der Waals surface area (Å²) in [6.45, 7) is 0. The third kappa shape index (κ3) is 3.03. The predicted molar refractivity (Wildman–Crippen MR) is 48.2 cm³/mol.